The summed E-state index contributed by atoms with van der Waals surface area (Å²) >= 11 is 0. The van der Waals surface area contributed by atoms with Crippen LogP contribution in [0.5, 0.6) is 0 Å². The zero-order chi connectivity index (χ0) is 62.1. The number of benzene rings is 2. The van der Waals surface area contributed by atoms with Crippen molar-refractivity contribution in [2.75, 3.05) is 49.4 Å². The number of nitrogen functional groups attached to an aromatic ring is 2. The largest absolute Gasteiger partial charge is 0.480 e. The quantitative estimate of drug-likeness (QED) is 0.0266. The van der Waals surface area contributed by atoms with Crippen LogP contribution in [0, 0.1) is 0 Å². The van der Waals surface area contributed by atoms with Gasteiger partial charge in [0.05, 0.1) is 37.0 Å². The molecule has 2 saturated heterocycles. The number of hydrogen-bond acceptors (Lipinski definition) is 28. The summed E-state index contributed by atoms with van der Waals surface area (Å²) in [5, 5.41) is 27.8. The van der Waals surface area contributed by atoms with Crippen LogP contribution in [0.1, 0.15) is 33.2 Å². The van der Waals surface area contributed by atoms with Gasteiger partial charge in [0.1, 0.15) is 24.4 Å². The molecular weight excluding hydrogens is 1260 g/mol. The molecule has 2 aliphatic rings. The van der Waals surface area contributed by atoms with Crippen LogP contribution < -0.4 is 42.9 Å². The predicted octanol–water partition coefficient (Wildman–Crippen LogP) is -1.71. The zero-order valence-electron chi connectivity index (χ0n) is 42.1. The fourth-order valence-electron chi connectivity index (χ4n) is 7.85. The Balaban J connectivity index is 0.000000241. The maximum atomic E-state index is 13.1. The normalized spacial score (nSPS) is 23.8. The molecule has 2 fully saturated rings. The maximum absolute atomic E-state index is 13.1. The number of phosphoric ester groups is 2. The smallest absolute Gasteiger partial charge is 0.453 e. The van der Waals surface area contributed by atoms with E-state index >= 15 is 0 Å². The van der Waals surface area contributed by atoms with Crippen LogP contribution in [-0.4, -0.2) is 164 Å². The van der Waals surface area contributed by atoms with Crippen molar-refractivity contribution in [3.8, 4) is 0 Å². The Hall–Kier alpha value is -6.06. The Morgan fingerprint density at radius 1 is 0.607 bits per heavy atom. The summed E-state index contributed by atoms with van der Waals surface area (Å²) < 4.78 is 112. The first-order valence-electron chi connectivity index (χ1n) is 22.8. The number of aromatic nitrogens is 8. The van der Waals surface area contributed by atoms with E-state index in [9.17, 15) is 76.4 Å². The second-order valence-electron chi connectivity index (χ2n) is 17.0. The number of nitrogens with zero attached hydrogens (tertiary/aromatic N) is 6. The van der Waals surface area contributed by atoms with Gasteiger partial charge in [0.15, 0.2) is 47.0 Å². The van der Waals surface area contributed by atoms with Gasteiger partial charge in [0, 0.05) is 25.5 Å². The summed E-state index contributed by atoms with van der Waals surface area (Å²) in [5.74, 6) is -2.51. The van der Waals surface area contributed by atoms with Crippen molar-refractivity contribution in [3.63, 3.8) is 0 Å². The second kappa shape index (κ2) is 25.5. The highest BCUT2D eigenvalue weighted by molar-refractivity contribution is 7.71. The van der Waals surface area contributed by atoms with E-state index in [-0.39, 0.29) is 45.4 Å². The third-order valence-corrected chi connectivity index (χ3v) is 19.6. The number of phosphoric acid groups is 2. The van der Waals surface area contributed by atoms with Gasteiger partial charge in [0.25, 0.3) is 11.1 Å². The van der Waals surface area contributed by atoms with E-state index in [1.807, 2.05) is 0 Å². The standard InChI is InChI=1S/2C18H24N7O14P3/c1-20-9-5-3-2-4-8(9)17(28)38-13-10(6-36-42(34,35)39-41(32,33)24-40(29,30)31)37-16(12(13)26)25-7-21-11-14(25)22-18(19)23-15(11)27;1-20-9-5-3-2-4-8(9)17(28)38-13-12(26)10(6-36-42(34,35)39-41(32,33)24-40(29,30)31)37-16(13)25-7-21-11-14(25)22-18(19)23-15(11)27/h2*2-5,7,10,12-13,16,20,26H,6H2,1H3,(H,34,35)(H3,19,22,23,27)(H4,24,29,30,31,32,33)/t2*10-,12-,13-,16-/m11/s1. The van der Waals surface area contributed by atoms with E-state index in [0.29, 0.717) is 11.4 Å². The van der Waals surface area contributed by atoms with Crippen LogP contribution in [-0.2, 0) is 64.0 Å². The number of carbonyl (C=O) groups is 2. The number of aromatic amines is 2. The molecule has 20 N–H and O–H groups in total. The summed E-state index contributed by atoms with van der Waals surface area (Å²) in [6.07, 6.45) is -10.9. The topological polar surface area (TPSA) is 640 Å². The molecule has 6 heterocycles. The van der Waals surface area contributed by atoms with Crippen molar-refractivity contribution in [1.29, 1.82) is 0 Å². The van der Waals surface area contributed by atoms with E-state index in [0.717, 1.165) is 31.5 Å². The molecule has 460 valence electrons. The molecule has 2 aliphatic heterocycles. The molecule has 6 aromatic rings. The Labute approximate surface area is 466 Å². The molecule has 12 atom stereocenters. The number of nitrogens with two attached hydrogens (primary N) is 2. The van der Waals surface area contributed by atoms with E-state index in [2.05, 4.69) is 58.2 Å². The number of rotatable bonds is 22. The zero-order valence-corrected chi connectivity index (χ0v) is 47.5. The molecule has 0 saturated carbocycles. The molecule has 0 amide bonds. The predicted molar refractivity (Wildman–Crippen MR) is 279 cm³/mol. The number of carbonyl (C=O) groups excluding carboxylic acids is 2. The number of aliphatic hydroxyl groups is 2. The van der Waals surface area contributed by atoms with Gasteiger partial charge in [-0.2, -0.15) is 18.6 Å². The van der Waals surface area contributed by atoms with E-state index in [4.69, 9.17) is 50.0 Å². The van der Waals surface area contributed by atoms with Crippen molar-refractivity contribution in [1.82, 2.24) is 48.8 Å². The highest BCUT2D eigenvalue weighted by atomic mass is 31.3. The summed E-state index contributed by atoms with van der Waals surface area (Å²) in [5.41, 5.74) is 9.94. The third-order valence-electron chi connectivity index (χ3n) is 11.1. The first-order valence-corrected chi connectivity index (χ1v) is 32.2. The molecule has 2 aromatic carbocycles. The molecule has 0 aliphatic carbocycles. The highest BCUT2D eigenvalue weighted by Gasteiger charge is 2.52. The van der Waals surface area contributed by atoms with Crippen molar-refractivity contribution in [3.05, 3.63) is 93.0 Å². The van der Waals surface area contributed by atoms with Crippen LogP contribution in [0.3, 0.4) is 0 Å². The Bertz CT molecular complexity index is 3870. The van der Waals surface area contributed by atoms with Gasteiger partial charge in [0.2, 0.25) is 11.9 Å². The lowest BCUT2D eigenvalue weighted by atomic mass is 10.1. The number of hydrogen-bond donors (Lipinski definition) is 18. The summed E-state index contributed by atoms with van der Waals surface area (Å²) in [4.78, 5) is 146. The number of esters is 2. The molecule has 48 heteroatoms. The summed E-state index contributed by atoms with van der Waals surface area (Å²) in [7, 11) is -29.9. The van der Waals surface area contributed by atoms with Crippen LogP contribution in [0.15, 0.2) is 70.8 Å². The van der Waals surface area contributed by atoms with Crippen LogP contribution >= 0.6 is 46.6 Å². The second-order valence-corrected chi connectivity index (χ2v) is 26.6. The number of para-hydroxylation sites is 2. The van der Waals surface area contributed by atoms with Gasteiger partial charge in [-0.15, -0.1) is 9.72 Å². The number of aliphatic hydroxyl groups excluding tert-OH is 2. The number of nitrogens with one attached hydrogen (secondary N) is 6. The van der Waals surface area contributed by atoms with Crippen molar-refractivity contribution in [2.24, 2.45) is 0 Å². The number of ether oxygens (including phenoxy) is 4. The van der Waals surface area contributed by atoms with Gasteiger partial charge in [-0.3, -0.25) is 37.7 Å². The lowest BCUT2D eigenvalue weighted by molar-refractivity contribution is -0.0557. The molecule has 4 unspecified atom stereocenters. The maximum Gasteiger partial charge on any atom is 0.480 e. The van der Waals surface area contributed by atoms with Gasteiger partial charge < -0.3 is 90.4 Å². The molecule has 0 radical (unpaired) electrons. The highest BCUT2D eigenvalue weighted by Crippen LogP contribution is 2.62. The van der Waals surface area contributed by atoms with Gasteiger partial charge in [-0.1, -0.05) is 24.3 Å². The lowest BCUT2D eigenvalue weighted by Crippen LogP contribution is -2.38. The van der Waals surface area contributed by atoms with Crippen molar-refractivity contribution >= 4 is 104 Å². The number of imidazole rings is 2. The van der Waals surface area contributed by atoms with Crippen LogP contribution in [0.2, 0.25) is 0 Å². The summed E-state index contributed by atoms with van der Waals surface area (Å²) in [6.45, 7) is -2.10. The third kappa shape index (κ3) is 16.3. The SMILES string of the molecule is CNc1ccccc1C(=O)O[C@@H]1[C@H](O)[C@@H](COP(=O)(O)OP(=O)(O)NP(=O)(O)O)O[C@H]1n1cnc2c(=O)[nH]c(N)nc21.CNc1ccccc1C(=O)O[C@H]1[C@@H](O)[C@H](n2cnc3c(=O)[nH]c(N)nc32)O[C@@H]1COP(=O)(O)OP(=O)(O)NP(=O)(O)O. The molecular formula is C36H48N14O28P6. The first kappa shape index (κ1) is 65.5. The average Bonchev–Trinajstić information content (AvgIpc) is 2.32. The average molecular weight is 1310 g/mol. The number of anilines is 4. The molecule has 8 rings (SSSR count). The van der Waals surface area contributed by atoms with Gasteiger partial charge >= 0.3 is 58.6 Å². The first-order chi connectivity index (χ1) is 39.0. The Kier molecular flexibility index (Phi) is 19.9. The minimum Gasteiger partial charge on any atom is -0.453 e. The van der Waals surface area contributed by atoms with Crippen molar-refractivity contribution in [2.45, 2.75) is 49.1 Å². The minimum atomic E-state index is -5.58. The molecule has 0 spiro atoms. The molecule has 42 nitrogen and oxygen atoms in total. The van der Waals surface area contributed by atoms with Crippen molar-refractivity contribution < 1.29 is 123 Å². The Morgan fingerprint density at radius 2 is 1.00 bits per heavy atom. The molecule has 0 bridgehead atoms. The van der Waals surface area contributed by atoms with Gasteiger partial charge in [-0.05, 0) is 24.3 Å². The fraction of sp³-hybridized carbons (Fsp3) is 0.333. The fourth-order valence-corrected chi connectivity index (χ4v) is 14.7. The minimum absolute atomic E-state index is 0.0327. The van der Waals surface area contributed by atoms with Gasteiger partial charge in [-0.25, -0.2) is 46.9 Å². The number of fused-ring (bicyclic) bond motifs is 2. The molecule has 84 heavy (non-hydrogen) atoms. The summed E-state index contributed by atoms with van der Waals surface area (Å²) in [6, 6.07) is 12.3. The van der Waals surface area contributed by atoms with E-state index in [1.54, 1.807) is 37.4 Å². The lowest BCUT2D eigenvalue weighted by Gasteiger charge is -2.22. The van der Waals surface area contributed by atoms with E-state index in [1.165, 1.54) is 25.2 Å². The van der Waals surface area contributed by atoms with Crippen LogP contribution in [0.4, 0.5) is 23.3 Å². The Morgan fingerprint density at radius 3 is 1.43 bits per heavy atom. The van der Waals surface area contributed by atoms with E-state index < -0.39 is 132 Å². The monoisotopic (exact) mass is 1310 g/mol. The number of H-pyrrole nitrogens is 2. The van der Waals surface area contributed by atoms with Crippen LogP contribution in [0.25, 0.3) is 22.3 Å². The molecule has 4 aromatic heterocycles.